The summed E-state index contributed by atoms with van der Waals surface area (Å²) < 4.78 is 16.3. The van der Waals surface area contributed by atoms with E-state index in [0.717, 1.165) is 5.56 Å². The van der Waals surface area contributed by atoms with Crippen LogP contribution in [0.25, 0.3) is 0 Å². The van der Waals surface area contributed by atoms with Crippen molar-refractivity contribution in [3.05, 3.63) is 85.7 Å². The molecule has 1 N–H and O–H groups in total. The van der Waals surface area contributed by atoms with Gasteiger partial charge in [0.05, 0.1) is 30.8 Å². The van der Waals surface area contributed by atoms with E-state index in [1.54, 1.807) is 54.0 Å². The Balaban J connectivity index is 1.82. The second kappa shape index (κ2) is 10.7. The number of dihydropyridines is 1. The molecule has 0 saturated carbocycles. The van der Waals surface area contributed by atoms with Gasteiger partial charge in [0.1, 0.15) is 0 Å². The first-order chi connectivity index (χ1) is 18.0. The molecule has 4 rings (SSSR count). The van der Waals surface area contributed by atoms with Crippen LogP contribution in [0.15, 0.2) is 58.9 Å². The van der Waals surface area contributed by atoms with E-state index in [-0.39, 0.29) is 35.5 Å². The standard InChI is InChI=1S/C29H32N2O7/c1-15(2)38-29(33)26-17(4)30-21-11-20(18-9-10-24(36-5)25(14-18)37-6)13-23(32)28(21)27(26)19-8-7-16(3)22(12-19)31(34)35/h7-10,12,14-15,20,27,30H,11,13H2,1-6H3. The highest BCUT2D eigenvalue weighted by Crippen LogP contribution is 2.47. The number of esters is 1. The lowest BCUT2D eigenvalue weighted by Gasteiger charge is -2.37. The van der Waals surface area contributed by atoms with Gasteiger partial charge in [0.25, 0.3) is 5.69 Å². The molecule has 2 aliphatic rings. The van der Waals surface area contributed by atoms with Crippen LogP contribution in [-0.2, 0) is 14.3 Å². The fraction of sp³-hybridized carbons (Fsp3) is 0.379. The van der Waals surface area contributed by atoms with Gasteiger partial charge in [-0.15, -0.1) is 0 Å². The number of methoxy groups -OCH3 is 2. The summed E-state index contributed by atoms with van der Waals surface area (Å²) in [7, 11) is 3.13. The highest BCUT2D eigenvalue weighted by Gasteiger charge is 2.42. The second-order valence-corrected chi connectivity index (χ2v) is 9.89. The van der Waals surface area contributed by atoms with Crippen molar-refractivity contribution in [2.24, 2.45) is 0 Å². The highest BCUT2D eigenvalue weighted by molar-refractivity contribution is 6.04. The van der Waals surface area contributed by atoms with Gasteiger partial charge in [-0.05, 0) is 63.3 Å². The number of rotatable bonds is 7. The third-order valence-corrected chi connectivity index (χ3v) is 7.03. The van der Waals surface area contributed by atoms with E-state index in [4.69, 9.17) is 14.2 Å². The van der Waals surface area contributed by atoms with Gasteiger partial charge in [-0.2, -0.15) is 0 Å². The average Bonchev–Trinajstić information content (AvgIpc) is 2.86. The molecule has 1 aliphatic carbocycles. The number of carbonyl (C=O) groups excluding carboxylic acids is 2. The van der Waals surface area contributed by atoms with Crippen molar-refractivity contribution < 1.29 is 28.7 Å². The van der Waals surface area contributed by atoms with Crippen molar-refractivity contribution >= 4 is 17.4 Å². The molecule has 9 nitrogen and oxygen atoms in total. The number of ether oxygens (including phenoxy) is 3. The number of ketones is 1. The van der Waals surface area contributed by atoms with E-state index in [0.29, 0.717) is 46.0 Å². The van der Waals surface area contributed by atoms with Crippen LogP contribution < -0.4 is 14.8 Å². The van der Waals surface area contributed by atoms with Crippen LogP contribution in [0.4, 0.5) is 5.69 Å². The van der Waals surface area contributed by atoms with E-state index < -0.39 is 16.8 Å². The molecule has 0 spiro atoms. The largest absolute Gasteiger partial charge is 0.493 e. The lowest BCUT2D eigenvalue weighted by atomic mass is 9.71. The number of nitrogens with one attached hydrogen (secondary N) is 1. The Morgan fingerprint density at radius 2 is 1.71 bits per heavy atom. The minimum atomic E-state index is -0.782. The Bertz CT molecular complexity index is 1370. The summed E-state index contributed by atoms with van der Waals surface area (Å²) >= 11 is 0. The van der Waals surface area contributed by atoms with Gasteiger partial charge >= 0.3 is 5.97 Å². The Hall–Kier alpha value is -4.14. The molecule has 0 fully saturated rings. The quantitative estimate of drug-likeness (QED) is 0.300. The number of aryl methyl sites for hydroxylation is 1. The fourth-order valence-electron chi connectivity index (χ4n) is 5.27. The second-order valence-electron chi connectivity index (χ2n) is 9.89. The number of allylic oxidation sites excluding steroid dienone is 3. The minimum absolute atomic E-state index is 0.0659. The van der Waals surface area contributed by atoms with Gasteiger partial charge in [-0.3, -0.25) is 14.9 Å². The zero-order valence-corrected chi connectivity index (χ0v) is 22.4. The van der Waals surface area contributed by atoms with Crippen LogP contribution in [0.5, 0.6) is 11.5 Å². The number of nitrogens with zero attached hydrogens (tertiary/aromatic N) is 1. The van der Waals surface area contributed by atoms with E-state index in [1.165, 1.54) is 6.07 Å². The predicted octanol–water partition coefficient (Wildman–Crippen LogP) is 5.23. The maximum Gasteiger partial charge on any atom is 0.337 e. The Labute approximate surface area is 221 Å². The topological polar surface area (TPSA) is 117 Å². The predicted molar refractivity (Wildman–Crippen MR) is 141 cm³/mol. The molecule has 0 aromatic heterocycles. The smallest absolute Gasteiger partial charge is 0.337 e. The van der Waals surface area contributed by atoms with Crippen molar-refractivity contribution in [3.8, 4) is 11.5 Å². The molecule has 0 radical (unpaired) electrons. The van der Waals surface area contributed by atoms with E-state index >= 15 is 0 Å². The number of nitro groups is 1. The van der Waals surface area contributed by atoms with Crippen molar-refractivity contribution in [3.63, 3.8) is 0 Å². The molecule has 9 heteroatoms. The van der Waals surface area contributed by atoms with Crippen LogP contribution >= 0.6 is 0 Å². The van der Waals surface area contributed by atoms with Crippen LogP contribution in [-0.4, -0.2) is 37.0 Å². The van der Waals surface area contributed by atoms with Crippen molar-refractivity contribution in [2.45, 2.75) is 58.5 Å². The van der Waals surface area contributed by atoms with E-state index in [2.05, 4.69) is 5.32 Å². The summed E-state index contributed by atoms with van der Waals surface area (Å²) in [4.78, 5) is 38.3. The molecule has 0 bridgehead atoms. The molecule has 1 heterocycles. The Kier molecular flexibility index (Phi) is 7.57. The van der Waals surface area contributed by atoms with Gasteiger partial charge in [-0.1, -0.05) is 18.2 Å². The molecular weight excluding hydrogens is 488 g/mol. The number of Topliss-reactive ketones (excluding diaryl/α,β-unsaturated/α-hetero) is 1. The fourth-order valence-corrected chi connectivity index (χ4v) is 5.27. The summed E-state index contributed by atoms with van der Waals surface area (Å²) in [6.07, 6.45) is 0.360. The molecule has 38 heavy (non-hydrogen) atoms. The number of carbonyl (C=O) groups is 2. The van der Waals surface area contributed by atoms with Crippen molar-refractivity contribution in [1.82, 2.24) is 5.32 Å². The Morgan fingerprint density at radius 3 is 2.34 bits per heavy atom. The molecule has 0 saturated heterocycles. The summed E-state index contributed by atoms with van der Waals surface area (Å²) in [5.41, 5.74) is 3.86. The van der Waals surface area contributed by atoms with Gasteiger partial charge in [0, 0.05) is 40.9 Å². The molecule has 2 aromatic rings. The molecular formula is C29H32N2O7. The summed E-state index contributed by atoms with van der Waals surface area (Å²) in [5.74, 6) is -0.418. The third-order valence-electron chi connectivity index (χ3n) is 7.03. The number of hydrogen-bond acceptors (Lipinski definition) is 8. The SMILES string of the molecule is COc1ccc(C2CC(=O)C3=C(C2)NC(C)=C(C(=O)OC(C)C)C3c2ccc(C)c([N+](=O)[O-])c2)cc1OC. The van der Waals surface area contributed by atoms with E-state index in [9.17, 15) is 19.7 Å². The molecule has 2 aromatic carbocycles. The number of nitro benzene ring substituents is 1. The van der Waals surface area contributed by atoms with Gasteiger partial charge in [-0.25, -0.2) is 4.79 Å². The maximum atomic E-state index is 13.8. The minimum Gasteiger partial charge on any atom is -0.493 e. The van der Waals surface area contributed by atoms with Crippen LogP contribution in [0, 0.1) is 17.0 Å². The summed E-state index contributed by atoms with van der Waals surface area (Å²) in [6.45, 7) is 6.92. The highest BCUT2D eigenvalue weighted by atomic mass is 16.6. The molecule has 1 aliphatic heterocycles. The van der Waals surface area contributed by atoms with Gasteiger partial charge < -0.3 is 19.5 Å². The van der Waals surface area contributed by atoms with Crippen molar-refractivity contribution in [2.75, 3.05) is 14.2 Å². The zero-order valence-electron chi connectivity index (χ0n) is 22.4. The first-order valence-corrected chi connectivity index (χ1v) is 12.5. The number of hydrogen-bond donors (Lipinski definition) is 1. The molecule has 200 valence electrons. The first kappa shape index (κ1) is 26.9. The average molecular weight is 521 g/mol. The van der Waals surface area contributed by atoms with E-state index in [1.807, 2.05) is 18.2 Å². The third kappa shape index (κ3) is 5.01. The van der Waals surface area contributed by atoms with Crippen LogP contribution in [0.1, 0.15) is 62.1 Å². The summed E-state index contributed by atoms with van der Waals surface area (Å²) in [5, 5.41) is 15.0. The van der Waals surface area contributed by atoms with Crippen molar-refractivity contribution in [1.29, 1.82) is 0 Å². The number of benzene rings is 2. The zero-order chi connectivity index (χ0) is 27.7. The summed E-state index contributed by atoms with van der Waals surface area (Å²) in [6, 6.07) is 10.5. The van der Waals surface area contributed by atoms with Crippen LogP contribution in [0.3, 0.4) is 0 Å². The maximum absolute atomic E-state index is 13.8. The molecule has 2 unspecified atom stereocenters. The monoisotopic (exact) mass is 520 g/mol. The lowest BCUT2D eigenvalue weighted by Crippen LogP contribution is -2.36. The van der Waals surface area contributed by atoms with Gasteiger partial charge in [0.2, 0.25) is 0 Å². The van der Waals surface area contributed by atoms with Gasteiger partial charge in [0.15, 0.2) is 17.3 Å². The molecule has 0 amide bonds. The lowest BCUT2D eigenvalue weighted by molar-refractivity contribution is -0.385. The van der Waals surface area contributed by atoms with Crippen LogP contribution in [0.2, 0.25) is 0 Å². The molecule has 2 atom stereocenters. The Morgan fingerprint density at radius 1 is 1.03 bits per heavy atom. The first-order valence-electron chi connectivity index (χ1n) is 12.5. The normalized spacial score (nSPS) is 19.2.